The van der Waals surface area contributed by atoms with E-state index in [0.29, 0.717) is 6.42 Å². The summed E-state index contributed by atoms with van der Waals surface area (Å²) in [4.78, 5) is 12.2. The van der Waals surface area contributed by atoms with E-state index < -0.39 is 23.1 Å². The molecule has 28 heavy (non-hydrogen) atoms. The normalized spacial score (nSPS) is 13.6. The molecule has 2 rings (SSSR count). The van der Waals surface area contributed by atoms with E-state index in [1.54, 1.807) is 0 Å². The van der Waals surface area contributed by atoms with Crippen LogP contribution in [0.1, 0.15) is 28.4 Å². The summed E-state index contributed by atoms with van der Waals surface area (Å²) in [6, 6.07) is 9.67. The van der Waals surface area contributed by atoms with Gasteiger partial charge in [-0.2, -0.15) is 0 Å². The summed E-state index contributed by atoms with van der Waals surface area (Å²) in [6.45, 7) is 3.82. The highest BCUT2D eigenvalue weighted by Crippen LogP contribution is 2.30. The van der Waals surface area contributed by atoms with Gasteiger partial charge in [-0.3, -0.25) is 4.79 Å². The summed E-state index contributed by atoms with van der Waals surface area (Å²) in [5, 5.41) is 13.7. The molecule has 1 atom stereocenters. The highest BCUT2D eigenvalue weighted by molar-refractivity contribution is 14.1. The van der Waals surface area contributed by atoms with E-state index in [-0.39, 0.29) is 11.3 Å². The third-order valence-corrected chi connectivity index (χ3v) is 5.50. The van der Waals surface area contributed by atoms with E-state index in [0.717, 1.165) is 28.8 Å². The molecule has 4 nitrogen and oxygen atoms in total. The van der Waals surface area contributed by atoms with Crippen molar-refractivity contribution in [2.75, 3.05) is 12.4 Å². The van der Waals surface area contributed by atoms with Gasteiger partial charge in [-0.1, -0.05) is 52.4 Å². The second-order valence-electron chi connectivity index (χ2n) is 6.59. The molecule has 0 aliphatic rings. The molecule has 1 amide bonds. The maximum absolute atomic E-state index is 13.9. The van der Waals surface area contributed by atoms with Gasteiger partial charge in [-0.15, -0.1) is 0 Å². The number of benzene rings is 2. The number of carbonyl (C=O) groups excluding carboxylic acids is 1. The minimum Gasteiger partial charge on any atom is -0.370 e. The van der Waals surface area contributed by atoms with E-state index in [1.807, 2.05) is 42.2 Å². The van der Waals surface area contributed by atoms with E-state index in [1.165, 1.54) is 13.3 Å². The number of halogens is 3. The van der Waals surface area contributed by atoms with Crippen LogP contribution in [0.15, 0.2) is 46.1 Å². The molecule has 0 aliphatic carbocycles. The smallest absolute Gasteiger partial charge is 0.253 e. The molecule has 2 aromatic carbocycles. The third-order valence-electron chi connectivity index (χ3n) is 4.57. The Morgan fingerprint density at radius 3 is 2.50 bits per heavy atom. The average molecular weight is 497 g/mol. The Labute approximate surface area is 177 Å². The maximum Gasteiger partial charge on any atom is 0.253 e. The number of carbonyl (C=O) groups is 1. The molecule has 0 saturated carbocycles. The standard InChI is InChI=1S/C21H22F2IN3O/c1-13-5-4-6-15(7-13)10-21(12-25,14(2)11-24)27-19-9-18(23)17(22)8-16(19)20(28)26-3/h4-9,11-12,25,27H,10H2,1-3H3,(H,26,28)/b14-11+,25-12?. The van der Waals surface area contributed by atoms with Gasteiger partial charge in [0.1, 0.15) is 0 Å². The van der Waals surface area contributed by atoms with Crippen molar-refractivity contribution in [1.29, 1.82) is 5.41 Å². The van der Waals surface area contributed by atoms with Gasteiger partial charge in [-0.05, 0) is 35.1 Å². The lowest BCUT2D eigenvalue weighted by atomic mass is 9.85. The minimum atomic E-state index is -1.11. The molecule has 1 unspecified atom stereocenters. The zero-order chi connectivity index (χ0) is 20.9. The second-order valence-corrected chi connectivity index (χ2v) is 7.21. The molecule has 148 valence electrons. The van der Waals surface area contributed by atoms with E-state index in [9.17, 15) is 13.6 Å². The fourth-order valence-electron chi connectivity index (χ4n) is 2.94. The number of hydrogen-bond acceptors (Lipinski definition) is 3. The van der Waals surface area contributed by atoms with Crippen LogP contribution in [0.3, 0.4) is 0 Å². The largest absolute Gasteiger partial charge is 0.370 e. The lowest BCUT2D eigenvalue weighted by molar-refractivity contribution is 0.0963. The number of aryl methyl sites for hydroxylation is 1. The van der Waals surface area contributed by atoms with Crippen LogP contribution in [-0.4, -0.2) is 24.7 Å². The number of amides is 1. The second kappa shape index (κ2) is 9.27. The third kappa shape index (κ3) is 4.76. The number of hydrogen-bond donors (Lipinski definition) is 3. The summed E-state index contributed by atoms with van der Waals surface area (Å²) in [5.74, 6) is -2.72. The quantitative estimate of drug-likeness (QED) is 0.372. The Morgan fingerprint density at radius 1 is 1.25 bits per heavy atom. The summed E-state index contributed by atoms with van der Waals surface area (Å²) < 4.78 is 29.5. The fraction of sp³-hybridized carbons (Fsp3) is 0.238. The van der Waals surface area contributed by atoms with Crippen molar-refractivity contribution in [3.63, 3.8) is 0 Å². The molecular weight excluding hydrogens is 475 g/mol. The molecular formula is C21H22F2IN3O. The monoisotopic (exact) mass is 497 g/mol. The minimum absolute atomic E-state index is 0.0295. The van der Waals surface area contributed by atoms with Gasteiger partial charge >= 0.3 is 0 Å². The molecule has 0 aromatic heterocycles. The van der Waals surface area contributed by atoms with Crippen LogP contribution in [0.2, 0.25) is 0 Å². The SMILES string of the molecule is CNC(=O)c1cc(F)c(F)cc1NC(C=N)(Cc1cccc(C)c1)/C(C)=C/I. The molecule has 0 bridgehead atoms. The lowest BCUT2D eigenvalue weighted by Crippen LogP contribution is -2.44. The van der Waals surface area contributed by atoms with Crippen molar-refractivity contribution in [3.05, 3.63) is 74.4 Å². The van der Waals surface area contributed by atoms with Gasteiger partial charge in [0.2, 0.25) is 0 Å². The molecule has 0 fully saturated rings. The van der Waals surface area contributed by atoms with Gasteiger partial charge < -0.3 is 16.0 Å². The predicted octanol–water partition coefficient (Wildman–Crippen LogP) is 5.01. The first kappa shape index (κ1) is 22.0. The average Bonchev–Trinajstić information content (AvgIpc) is 2.68. The van der Waals surface area contributed by atoms with Gasteiger partial charge in [0.15, 0.2) is 11.6 Å². The Balaban J connectivity index is 2.59. The molecule has 0 heterocycles. The number of anilines is 1. The maximum atomic E-state index is 13.9. The van der Waals surface area contributed by atoms with Gasteiger partial charge in [0.25, 0.3) is 5.91 Å². The van der Waals surface area contributed by atoms with E-state index >= 15 is 0 Å². The van der Waals surface area contributed by atoms with Crippen LogP contribution in [0.5, 0.6) is 0 Å². The summed E-state index contributed by atoms with van der Waals surface area (Å²) in [5.41, 5.74) is 1.92. The molecule has 2 aromatic rings. The molecule has 0 aliphatic heterocycles. The Morgan fingerprint density at radius 2 is 1.93 bits per heavy atom. The predicted molar refractivity (Wildman–Crippen MR) is 118 cm³/mol. The van der Waals surface area contributed by atoms with Crippen LogP contribution in [0, 0.1) is 24.0 Å². The van der Waals surface area contributed by atoms with E-state index in [4.69, 9.17) is 5.41 Å². The first-order valence-corrected chi connectivity index (χ1v) is 9.85. The Kier molecular flexibility index (Phi) is 7.29. The first-order valence-electron chi connectivity index (χ1n) is 8.60. The topological polar surface area (TPSA) is 65.0 Å². The summed E-state index contributed by atoms with van der Waals surface area (Å²) in [6.07, 6.45) is 1.63. The zero-order valence-corrected chi connectivity index (χ0v) is 18.0. The molecule has 0 radical (unpaired) electrons. The lowest BCUT2D eigenvalue weighted by Gasteiger charge is -2.34. The molecule has 0 saturated heterocycles. The van der Waals surface area contributed by atoms with Crippen molar-refractivity contribution in [1.82, 2.24) is 5.32 Å². The zero-order valence-electron chi connectivity index (χ0n) is 15.9. The highest BCUT2D eigenvalue weighted by Gasteiger charge is 2.32. The number of nitrogens with one attached hydrogen (secondary N) is 3. The fourth-order valence-corrected chi connectivity index (χ4v) is 3.49. The Bertz CT molecular complexity index is 930. The molecule has 7 heteroatoms. The Hall–Kier alpha value is -2.29. The van der Waals surface area contributed by atoms with Gasteiger partial charge in [-0.25, -0.2) is 8.78 Å². The van der Waals surface area contributed by atoms with Crippen molar-refractivity contribution >= 4 is 40.4 Å². The number of rotatable bonds is 7. The van der Waals surface area contributed by atoms with Crippen molar-refractivity contribution in [2.45, 2.75) is 25.8 Å². The van der Waals surface area contributed by atoms with Crippen LogP contribution in [0.4, 0.5) is 14.5 Å². The van der Waals surface area contributed by atoms with Crippen LogP contribution in [0.25, 0.3) is 0 Å². The van der Waals surface area contributed by atoms with Crippen LogP contribution < -0.4 is 10.6 Å². The van der Waals surface area contributed by atoms with Gasteiger partial charge in [0.05, 0.1) is 16.8 Å². The molecule has 0 spiro atoms. The first-order chi connectivity index (χ1) is 13.3. The van der Waals surface area contributed by atoms with E-state index in [2.05, 4.69) is 33.2 Å². The van der Waals surface area contributed by atoms with Crippen LogP contribution >= 0.6 is 22.6 Å². The van der Waals surface area contributed by atoms with Crippen LogP contribution in [-0.2, 0) is 6.42 Å². The molecule has 3 N–H and O–H groups in total. The van der Waals surface area contributed by atoms with Gasteiger partial charge in [0, 0.05) is 25.7 Å². The van der Waals surface area contributed by atoms with Crippen molar-refractivity contribution in [3.8, 4) is 0 Å². The highest BCUT2D eigenvalue weighted by atomic mass is 127. The van der Waals surface area contributed by atoms with Crippen molar-refractivity contribution < 1.29 is 13.6 Å². The summed E-state index contributed by atoms with van der Waals surface area (Å²) in [7, 11) is 1.42. The van der Waals surface area contributed by atoms with Crippen molar-refractivity contribution in [2.24, 2.45) is 0 Å². The summed E-state index contributed by atoms with van der Waals surface area (Å²) >= 11 is 2.08.